The molecule has 12 heteroatoms. The highest BCUT2D eigenvalue weighted by atomic mass is 35.5. The molecular formula is C20H17Cl2F3N6O. The molecule has 0 bridgehead atoms. The lowest BCUT2D eigenvalue weighted by molar-refractivity contribution is -0.186. The van der Waals surface area contributed by atoms with Gasteiger partial charge >= 0.3 is 12.1 Å². The fraction of sp³-hybridized carbons (Fsp3) is 0.300. The minimum absolute atomic E-state index is 0.0369. The molecule has 1 saturated heterocycles. The predicted octanol–water partition coefficient (Wildman–Crippen LogP) is 5.12. The molecule has 7 nitrogen and oxygen atoms in total. The standard InChI is InChI=1S/C20H17Cl2F3N6O/c21-14-5-15(22)7-16(6-14)29-19-26-8-12(9-27-19)13-10-28-31(11-13)17-1-3-30(4-2-17)18(32)20(23,24)25/h5-11,17H,1-4H2,(H,26,27,29). The van der Waals surface area contributed by atoms with Crippen LogP contribution in [0.4, 0.5) is 24.8 Å². The second-order valence-electron chi connectivity index (χ2n) is 7.31. The van der Waals surface area contributed by atoms with E-state index in [-0.39, 0.29) is 19.1 Å². The van der Waals surface area contributed by atoms with Gasteiger partial charge in [-0.3, -0.25) is 9.48 Å². The summed E-state index contributed by atoms with van der Waals surface area (Å²) in [5.41, 5.74) is 2.16. The number of nitrogens with one attached hydrogen (secondary N) is 1. The number of halogens is 5. The van der Waals surface area contributed by atoms with E-state index in [9.17, 15) is 18.0 Å². The van der Waals surface area contributed by atoms with Crippen LogP contribution in [0.25, 0.3) is 11.1 Å². The molecule has 1 aromatic carbocycles. The summed E-state index contributed by atoms with van der Waals surface area (Å²) in [6.07, 6.45) is 2.66. The largest absolute Gasteiger partial charge is 0.471 e. The lowest BCUT2D eigenvalue weighted by Gasteiger charge is -2.32. The van der Waals surface area contributed by atoms with Crippen LogP contribution in [0.15, 0.2) is 43.0 Å². The molecule has 0 saturated carbocycles. The Hall–Kier alpha value is -2.85. The zero-order valence-corrected chi connectivity index (χ0v) is 18.0. The maximum Gasteiger partial charge on any atom is 0.471 e. The molecule has 168 valence electrons. The summed E-state index contributed by atoms with van der Waals surface area (Å²) >= 11 is 12.0. The molecule has 1 aliphatic rings. The highest BCUT2D eigenvalue weighted by molar-refractivity contribution is 6.35. The summed E-state index contributed by atoms with van der Waals surface area (Å²) in [5.74, 6) is -1.43. The van der Waals surface area contributed by atoms with Crippen LogP contribution in [-0.2, 0) is 4.79 Å². The van der Waals surface area contributed by atoms with Crippen LogP contribution in [0.2, 0.25) is 10.0 Å². The number of likely N-dealkylation sites (tertiary alicyclic amines) is 1. The van der Waals surface area contributed by atoms with Crippen molar-refractivity contribution in [2.24, 2.45) is 0 Å². The first kappa shape index (κ1) is 22.3. The number of benzene rings is 1. The Morgan fingerprint density at radius 2 is 1.62 bits per heavy atom. The lowest BCUT2D eigenvalue weighted by atomic mass is 10.1. The Morgan fingerprint density at radius 1 is 1.00 bits per heavy atom. The highest BCUT2D eigenvalue weighted by Gasteiger charge is 2.43. The fourth-order valence-corrected chi connectivity index (χ4v) is 4.02. The minimum atomic E-state index is -4.84. The molecule has 3 aromatic rings. The SMILES string of the molecule is O=C(N1CCC(n2cc(-c3cnc(Nc4cc(Cl)cc(Cl)c4)nc3)cn2)CC1)C(F)(F)F. The monoisotopic (exact) mass is 484 g/mol. The third kappa shape index (κ3) is 5.13. The molecule has 1 aliphatic heterocycles. The van der Waals surface area contributed by atoms with Crippen molar-refractivity contribution < 1.29 is 18.0 Å². The molecule has 0 aliphatic carbocycles. The van der Waals surface area contributed by atoms with E-state index in [2.05, 4.69) is 20.4 Å². The molecule has 0 spiro atoms. The van der Waals surface area contributed by atoms with E-state index in [1.807, 2.05) is 0 Å². The van der Waals surface area contributed by atoms with Crippen LogP contribution in [0.3, 0.4) is 0 Å². The Labute approximate surface area is 191 Å². The topological polar surface area (TPSA) is 75.9 Å². The number of aromatic nitrogens is 4. The Balaban J connectivity index is 1.39. The van der Waals surface area contributed by atoms with Gasteiger partial charge in [0.1, 0.15) is 0 Å². The van der Waals surface area contributed by atoms with Gasteiger partial charge in [-0.05, 0) is 31.0 Å². The van der Waals surface area contributed by atoms with Gasteiger partial charge in [-0.2, -0.15) is 18.3 Å². The van der Waals surface area contributed by atoms with Crippen molar-refractivity contribution in [1.29, 1.82) is 0 Å². The smallest absolute Gasteiger partial charge is 0.335 e. The van der Waals surface area contributed by atoms with Crippen molar-refractivity contribution in [2.75, 3.05) is 18.4 Å². The number of carbonyl (C=O) groups excluding carboxylic acids is 1. The Morgan fingerprint density at radius 3 is 2.22 bits per heavy atom. The molecule has 2 aromatic heterocycles. The second-order valence-corrected chi connectivity index (χ2v) is 8.18. The average molecular weight is 485 g/mol. The number of alkyl halides is 3. The van der Waals surface area contributed by atoms with Crippen molar-refractivity contribution in [2.45, 2.75) is 25.1 Å². The van der Waals surface area contributed by atoms with Crippen LogP contribution in [0, 0.1) is 0 Å². The quantitative estimate of drug-likeness (QED) is 0.556. The summed E-state index contributed by atoms with van der Waals surface area (Å²) in [5, 5.41) is 8.32. The Kier molecular flexibility index (Phi) is 6.25. The van der Waals surface area contributed by atoms with Crippen LogP contribution >= 0.6 is 23.2 Å². The first-order chi connectivity index (χ1) is 15.2. The maximum absolute atomic E-state index is 12.6. The van der Waals surface area contributed by atoms with Crippen molar-refractivity contribution in [3.8, 4) is 11.1 Å². The van der Waals surface area contributed by atoms with E-state index in [1.165, 1.54) is 0 Å². The van der Waals surface area contributed by atoms with Gasteiger partial charge in [-0.25, -0.2) is 9.97 Å². The molecule has 1 amide bonds. The fourth-order valence-electron chi connectivity index (χ4n) is 3.50. The molecule has 0 unspecified atom stereocenters. The first-order valence-corrected chi connectivity index (χ1v) is 10.4. The van der Waals surface area contributed by atoms with Crippen molar-refractivity contribution in [1.82, 2.24) is 24.6 Å². The van der Waals surface area contributed by atoms with Gasteiger partial charge < -0.3 is 10.2 Å². The molecule has 3 heterocycles. The molecular weight excluding hydrogens is 468 g/mol. The van der Waals surface area contributed by atoms with Gasteiger partial charge in [0.2, 0.25) is 5.95 Å². The van der Waals surface area contributed by atoms with Gasteiger partial charge in [-0.1, -0.05) is 23.2 Å². The minimum Gasteiger partial charge on any atom is -0.335 e. The van der Waals surface area contributed by atoms with Crippen molar-refractivity contribution in [3.05, 3.63) is 53.0 Å². The molecule has 0 atom stereocenters. The normalized spacial score (nSPS) is 15.1. The number of rotatable bonds is 4. The van der Waals surface area contributed by atoms with Crippen molar-refractivity contribution in [3.63, 3.8) is 0 Å². The van der Waals surface area contributed by atoms with E-state index in [4.69, 9.17) is 23.2 Å². The summed E-state index contributed by atoms with van der Waals surface area (Å²) < 4.78 is 39.5. The molecule has 0 radical (unpaired) electrons. The number of anilines is 2. The van der Waals surface area contributed by atoms with E-state index in [0.29, 0.717) is 34.5 Å². The van der Waals surface area contributed by atoms with Gasteiger partial charge in [0.05, 0.1) is 12.2 Å². The summed E-state index contributed by atoms with van der Waals surface area (Å²) in [6.45, 7) is 0.0738. The zero-order valence-electron chi connectivity index (χ0n) is 16.5. The van der Waals surface area contributed by atoms with Gasteiger partial charge in [-0.15, -0.1) is 0 Å². The highest BCUT2D eigenvalue weighted by Crippen LogP contribution is 2.28. The summed E-state index contributed by atoms with van der Waals surface area (Å²) in [7, 11) is 0. The summed E-state index contributed by atoms with van der Waals surface area (Å²) in [4.78, 5) is 20.8. The van der Waals surface area contributed by atoms with Gasteiger partial charge in [0.15, 0.2) is 0 Å². The maximum atomic E-state index is 12.6. The molecule has 32 heavy (non-hydrogen) atoms. The van der Waals surface area contributed by atoms with Gasteiger partial charge in [0, 0.05) is 58.5 Å². The van der Waals surface area contributed by atoms with Crippen molar-refractivity contribution >= 4 is 40.7 Å². The first-order valence-electron chi connectivity index (χ1n) is 9.65. The van der Waals surface area contributed by atoms with Crippen LogP contribution < -0.4 is 5.32 Å². The molecule has 4 rings (SSSR count). The zero-order chi connectivity index (χ0) is 22.9. The van der Waals surface area contributed by atoms with Crippen LogP contribution in [0.1, 0.15) is 18.9 Å². The van der Waals surface area contributed by atoms with Gasteiger partial charge in [0.25, 0.3) is 0 Å². The van der Waals surface area contributed by atoms with E-state index in [0.717, 1.165) is 16.0 Å². The molecule has 1 fully saturated rings. The number of amides is 1. The number of hydrogen-bond donors (Lipinski definition) is 1. The third-order valence-electron chi connectivity index (χ3n) is 5.07. The number of hydrogen-bond acceptors (Lipinski definition) is 5. The second kappa shape index (κ2) is 8.95. The van der Waals surface area contributed by atoms with E-state index in [1.54, 1.807) is 47.7 Å². The van der Waals surface area contributed by atoms with Crippen LogP contribution in [-0.4, -0.2) is 49.8 Å². The average Bonchev–Trinajstić information content (AvgIpc) is 3.23. The summed E-state index contributed by atoms with van der Waals surface area (Å²) in [6, 6.07) is 4.92. The third-order valence-corrected chi connectivity index (χ3v) is 5.51. The van der Waals surface area contributed by atoms with E-state index >= 15 is 0 Å². The predicted molar refractivity (Wildman–Crippen MR) is 114 cm³/mol. The molecule has 1 N–H and O–H groups in total. The number of piperidine rings is 1. The lowest BCUT2D eigenvalue weighted by Crippen LogP contribution is -2.45. The van der Waals surface area contributed by atoms with E-state index < -0.39 is 12.1 Å². The number of carbonyl (C=O) groups is 1. The number of nitrogens with zero attached hydrogens (tertiary/aromatic N) is 5. The Bertz CT molecular complexity index is 1090. The van der Waals surface area contributed by atoms with Crippen LogP contribution in [0.5, 0.6) is 0 Å².